The predicted molar refractivity (Wildman–Crippen MR) is 71.2 cm³/mol. The van der Waals surface area contributed by atoms with Gasteiger partial charge in [0.25, 0.3) is 0 Å². The van der Waals surface area contributed by atoms with Crippen molar-refractivity contribution in [3.05, 3.63) is 41.0 Å². The summed E-state index contributed by atoms with van der Waals surface area (Å²) in [6, 6.07) is 6.24. The van der Waals surface area contributed by atoms with Gasteiger partial charge < -0.3 is 10.5 Å². The minimum atomic E-state index is -0.00847. The standard InChI is InChI=1S/C15H21NO/c1-11-8-9-13(14(10-11)17-2)15(16)12-6-4-3-5-7-12/h6,8-10,15H,3-5,7,16H2,1-2H3. The Morgan fingerprint density at radius 2 is 2.12 bits per heavy atom. The fraction of sp³-hybridized carbons (Fsp3) is 0.467. The van der Waals surface area contributed by atoms with Crippen molar-refractivity contribution in [1.82, 2.24) is 0 Å². The zero-order valence-electron chi connectivity index (χ0n) is 10.7. The van der Waals surface area contributed by atoms with Gasteiger partial charge in [-0.25, -0.2) is 0 Å². The SMILES string of the molecule is COc1cc(C)ccc1C(N)C1=CCCCC1. The predicted octanol–water partition coefficient (Wildman–Crippen LogP) is 3.50. The highest BCUT2D eigenvalue weighted by Crippen LogP contribution is 2.33. The number of allylic oxidation sites excluding steroid dienone is 1. The Hall–Kier alpha value is -1.28. The van der Waals surface area contributed by atoms with E-state index < -0.39 is 0 Å². The summed E-state index contributed by atoms with van der Waals surface area (Å²) >= 11 is 0. The van der Waals surface area contributed by atoms with Crippen LogP contribution in [-0.4, -0.2) is 7.11 Å². The minimum Gasteiger partial charge on any atom is -0.496 e. The van der Waals surface area contributed by atoms with Gasteiger partial charge in [-0.2, -0.15) is 0 Å². The molecule has 0 fully saturated rings. The van der Waals surface area contributed by atoms with E-state index in [1.54, 1.807) is 7.11 Å². The second kappa shape index (κ2) is 5.37. The van der Waals surface area contributed by atoms with Crippen molar-refractivity contribution in [3.63, 3.8) is 0 Å². The van der Waals surface area contributed by atoms with Crippen molar-refractivity contribution in [2.24, 2.45) is 5.73 Å². The number of hydrogen-bond acceptors (Lipinski definition) is 2. The van der Waals surface area contributed by atoms with Gasteiger partial charge in [-0.15, -0.1) is 0 Å². The van der Waals surface area contributed by atoms with Crippen molar-refractivity contribution in [2.75, 3.05) is 7.11 Å². The molecule has 1 aliphatic rings. The maximum absolute atomic E-state index is 6.35. The van der Waals surface area contributed by atoms with Crippen LogP contribution in [0.4, 0.5) is 0 Å². The minimum absolute atomic E-state index is 0.00847. The summed E-state index contributed by atoms with van der Waals surface area (Å²) in [5.41, 5.74) is 10.0. The Balaban J connectivity index is 2.29. The topological polar surface area (TPSA) is 35.2 Å². The van der Waals surface area contributed by atoms with Crippen LogP contribution >= 0.6 is 0 Å². The maximum Gasteiger partial charge on any atom is 0.124 e. The first-order valence-corrected chi connectivity index (χ1v) is 6.31. The highest BCUT2D eigenvalue weighted by atomic mass is 16.5. The molecule has 2 nitrogen and oxygen atoms in total. The van der Waals surface area contributed by atoms with Crippen LogP contribution in [-0.2, 0) is 0 Å². The first-order valence-electron chi connectivity index (χ1n) is 6.31. The second-order valence-corrected chi connectivity index (χ2v) is 4.75. The van der Waals surface area contributed by atoms with E-state index in [4.69, 9.17) is 10.5 Å². The van der Waals surface area contributed by atoms with Gasteiger partial charge in [0, 0.05) is 5.56 Å². The molecule has 2 rings (SSSR count). The first kappa shape index (κ1) is 12.2. The van der Waals surface area contributed by atoms with Crippen LogP contribution in [0, 0.1) is 6.92 Å². The van der Waals surface area contributed by atoms with E-state index in [9.17, 15) is 0 Å². The van der Waals surface area contributed by atoms with Crippen molar-refractivity contribution in [2.45, 2.75) is 38.6 Å². The van der Waals surface area contributed by atoms with E-state index in [0.29, 0.717) is 0 Å². The molecule has 17 heavy (non-hydrogen) atoms. The Morgan fingerprint density at radius 3 is 2.76 bits per heavy atom. The van der Waals surface area contributed by atoms with Crippen LogP contribution in [0.15, 0.2) is 29.8 Å². The Morgan fingerprint density at radius 1 is 1.29 bits per heavy atom. The lowest BCUT2D eigenvalue weighted by Crippen LogP contribution is -2.16. The average molecular weight is 231 g/mol. The number of hydrogen-bond donors (Lipinski definition) is 1. The highest BCUT2D eigenvalue weighted by molar-refractivity contribution is 5.42. The van der Waals surface area contributed by atoms with Crippen molar-refractivity contribution < 1.29 is 4.74 Å². The maximum atomic E-state index is 6.35. The van der Waals surface area contributed by atoms with Crippen molar-refractivity contribution in [3.8, 4) is 5.75 Å². The molecule has 2 heteroatoms. The lowest BCUT2D eigenvalue weighted by molar-refractivity contribution is 0.406. The molecule has 92 valence electrons. The van der Waals surface area contributed by atoms with Crippen LogP contribution in [0.25, 0.3) is 0 Å². The molecule has 0 radical (unpaired) electrons. The summed E-state index contributed by atoms with van der Waals surface area (Å²) in [6.45, 7) is 2.07. The molecule has 0 aromatic heterocycles. The fourth-order valence-corrected chi connectivity index (χ4v) is 2.42. The van der Waals surface area contributed by atoms with Gasteiger partial charge in [-0.05, 0) is 44.2 Å². The second-order valence-electron chi connectivity index (χ2n) is 4.75. The number of aryl methyl sites for hydroxylation is 1. The average Bonchev–Trinajstić information content (AvgIpc) is 2.39. The molecule has 0 saturated carbocycles. The van der Waals surface area contributed by atoms with Crippen molar-refractivity contribution in [1.29, 1.82) is 0 Å². The monoisotopic (exact) mass is 231 g/mol. The number of benzene rings is 1. The van der Waals surface area contributed by atoms with Crippen LogP contribution in [0.5, 0.6) is 5.75 Å². The number of ether oxygens (including phenoxy) is 1. The lowest BCUT2D eigenvalue weighted by Gasteiger charge is -2.22. The molecular formula is C15H21NO. The first-order chi connectivity index (χ1) is 8.22. The van der Waals surface area contributed by atoms with E-state index in [-0.39, 0.29) is 6.04 Å². The molecule has 1 atom stereocenters. The molecule has 0 amide bonds. The van der Waals surface area contributed by atoms with Gasteiger partial charge >= 0.3 is 0 Å². The summed E-state index contributed by atoms with van der Waals surface area (Å²) in [5.74, 6) is 0.906. The summed E-state index contributed by atoms with van der Waals surface area (Å²) in [4.78, 5) is 0. The van der Waals surface area contributed by atoms with Gasteiger partial charge in [0.15, 0.2) is 0 Å². The zero-order chi connectivity index (χ0) is 12.3. The normalized spacial score (nSPS) is 17.5. The van der Waals surface area contributed by atoms with E-state index in [1.807, 2.05) is 0 Å². The third kappa shape index (κ3) is 2.70. The highest BCUT2D eigenvalue weighted by Gasteiger charge is 2.17. The van der Waals surface area contributed by atoms with E-state index in [2.05, 4.69) is 31.2 Å². The number of rotatable bonds is 3. The quantitative estimate of drug-likeness (QED) is 0.808. The third-order valence-electron chi connectivity index (χ3n) is 3.45. The molecule has 0 bridgehead atoms. The van der Waals surface area contributed by atoms with Crippen LogP contribution < -0.4 is 10.5 Å². The van der Waals surface area contributed by atoms with Gasteiger partial charge in [0.2, 0.25) is 0 Å². The third-order valence-corrected chi connectivity index (χ3v) is 3.45. The molecule has 0 aliphatic heterocycles. The molecule has 1 aromatic carbocycles. The number of nitrogens with two attached hydrogens (primary N) is 1. The molecule has 2 N–H and O–H groups in total. The summed E-state index contributed by atoms with van der Waals surface area (Å²) < 4.78 is 5.43. The van der Waals surface area contributed by atoms with Crippen LogP contribution in [0.1, 0.15) is 42.9 Å². The zero-order valence-corrected chi connectivity index (χ0v) is 10.7. The Labute approximate surface area is 103 Å². The lowest BCUT2D eigenvalue weighted by atomic mass is 9.90. The summed E-state index contributed by atoms with van der Waals surface area (Å²) in [7, 11) is 1.71. The summed E-state index contributed by atoms with van der Waals surface area (Å²) in [5, 5.41) is 0. The largest absolute Gasteiger partial charge is 0.496 e. The smallest absolute Gasteiger partial charge is 0.124 e. The van der Waals surface area contributed by atoms with Gasteiger partial charge in [0.1, 0.15) is 5.75 Å². The molecule has 0 spiro atoms. The van der Waals surface area contributed by atoms with Crippen LogP contribution in [0.3, 0.4) is 0 Å². The fourth-order valence-electron chi connectivity index (χ4n) is 2.42. The van der Waals surface area contributed by atoms with Gasteiger partial charge in [-0.1, -0.05) is 23.8 Å². The van der Waals surface area contributed by atoms with E-state index in [0.717, 1.165) is 24.2 Å². The molecule has 1 unspecified atom stereocenters. The van der Waals surface area contributed by atoms with Crippen LogP contribution in [0.2, 0.25) is 0 Å². The van der Waals surface area contributed by atoms with Gasteiger partial charge in [0.05, 0.1) is 13.2 Å². The molecule has 1 aromatic rings. The van der Waals surface area contributed by atoms with E-state index in [1.165, 1.54) is 24.0 Å². The van der Waals surface area contributed by atoms with E-state index >= 15 is 0 Å². The molecular weight excluding hydrogens is 210 g/mol. The Kier molecular flexibility index (Phi) is 3.85. The molecule has 0 saturated heterocycles. The number of methoxy groups -OCH3 is 1. The molecule has 1 aliphatic carbocycles. The molecule has 0 heterocycles. The summed E-state index contributed by atoms with van der Waals surface area (Å²) in [6.07, 6.45) is 7.14. The Bertz CT molecular complexity index is 423. The van der Waals surface area contributed by atoms with Crippen molar-refractivity contribution >= 4 is 0 Å². The van der Waals surface area contributed by atoms with Gasteiger partial charge in [-0.3, -0.25) is 0 Å².